The minimum atomic E-state index is -4.59. The number of hydrogen-bond acceptors (Lipinski definition) is 2. The molecule has 1 heterocycles. The van der Waals surface area contributed by atoms with Gasteiger partial charge in [0.15, 0.2) is 0 Å². The van der Waals surface area contributed by atoms with Crippen LogP contribution >= 0.6 is 11.6 Å². The van der Waals surface area contributed by atoms with Crippen molar-refractivity contribution in [3.8, 4) is 0 Å². The van der Waals surface area contributed by atoms with Crippen molar-refractivity contribution in [1.82, 2.24) is 9.80 Å². The van der Waals surface area contributed by atoms with E-state index in [2.05, 4.69) is 0 Å². The summed E-state index contributed by atoms with van der Waals surface area (Å²) in [5, 5.41) is 0. The van der Waals surface area contributed by atoms with Gasteiger partial charge in [-0.25, -0.2) is 0 Å². The van der Waals surface area contributed by atoms with E-state index in [1.165, 1.54) is 23.1 Å². The van der Waals surface area contributed by atoms with E-state index in [0.717, 1.165) is 6.07 Å². The second-order valence-corrected chi connectivity index (χ2v) is 6.91. The predicted octanol–water partition coefficient (Wildman–Crippen LogP) is 3.25. The van der Waals surface area contributed by atoms with Crippen LogP contribution in [0.5, 0.6) is 0 Å². The van der Waals surface area contributed by atoms with Gasteiger partial charge in [0.05, 0.1) is 16.5 Å². The van der Waals surface area contributed by atoms with E-state index in [9.17, 15) is 22.8 Å². The third-order valence-electron chi connectivity index (χ3n) is 4.23. The first-order chi connectivity index (χ1) is 11.6. The van der Waals surface area contributed by atoms with E-state index in [4.69, 9.17) is 11.6 Å². The van der Waals surface area contributed by atoms with Crippen molar-refractivity contribution in [2.24, 2.45) is 5.41 Å². The van der Waals surface area contributed by atoms with Crippen molar-refractivity contribution < 1.29 is 22.8 Å². The van der Waals surface area contributed by atoms with Gasteiger partial charge in [0.1, 0.15) is 0 Å². The molecule has 0 radical (unpaired) electrons. The Hall–Kier alpha value is -1.76. The van der Waals surface area contributed by atoms with Crippen LogP contribution in [0.1, 0.15) is 29.8 Å². The summed E-state index contributed by atoms with van der Waals surface area (Å²) in [7, 11) is 0. The molecule has 0 saturated carbocycles. The fourth-order valence-corrected chi connectivity index (χ4v) is 2.80. The molecule has 0 N–H and O–H groups in total. The molecule has 0 bridgehead atoms. The Morgan fingerprint density at radius 3 is 2.08 bits per heavy atom. The standard InChI is InChI=1S/C17H20ClF3N2O2/c1-16(2,11-18)15(25)23-9-7-22(8-10-23)14(24)12-5-3-4-6-13(12)17(19,20)21/h3-6H,7-11H2,1-2H3. The highest BCUT2D eigenvalue weighted by atomic mass is 35.5. The van der Waals surface area contributed by atoms with Crippen molar-refractivity contribution in [1.29, 1.82) is 0 Å². The summed E-state index contributed by atoms with van der Waals surface area (Å²) < 4.78 is 39.2. The molecule has 1 aromatic carbocycles. The van der Waals surface area contributed by atoms with Gasteiger partial charge in [-0.1, -0.05) is 12.1 Å². The number of nitrogens with zero attached hydrogens (tertiary/aromatic N) is 2. The number of carbonyl (C=O) groups is 2. The maximum Gasteiger partial charge on any atom is 0.417 e. The van der Waals surface area contributed by atoms with Crippen LogP contribution in [0, 0.1) is 5.41 Å². The van der Waals surface area contributed by atoms with Crippen LogP contribution in [0.3, 0.4) is 0 Å². The lowest BCUT2D eigenvalue weighted by molar-refractivity contribution is -0.140. The molecule has 1 aromatic rings. The lowest BCUT2D eigenvalue weighted by Gasteiger charge is -2.38. The minimum absolute atomic E-state index is 0.120. The van der Waals surface area contributed by atoms with Crippen molar-refractivity contribution in [3.63, 3.8) is 0 Å². The highest BCUT2D eigenvalue weighted by Crippen LogP contribution is 2.32. The molecule has 138 valence electrons. The lowest BCUT2D eigenvalue weighted by atomic mass is 9.94. The summed E-state index contributed by atoms with van der Waals surface area (Å²) in [5.74, 6) is -0.619. The van der Waals surface area contributed by atoms with Gasteiger partial charge < -0.3 is 9.80 Å². The van der Waals surface area contributed by atoms with Crippen molar-refractivity contribution in [2.45, 2.75) is 20.0 Å². The maximum absolute atomic E-state index is 13.1. The minimum Gasteiger partial charge on any atom is -0.339 e. The second kappa shape index (κ2) is 7.23. The zero-order valence-electron chi connectivity index (χ0n) is 14.1. The molecule has 0 atom stereocenters. The quantitative estimate of drug-likeness (QED) is 0.760. The molecule has 1 fully saturated rings. The van der Waals surface area contributed by atoms with Gasteiger partial charge in [0.2, 0.25) is 5.91 Å². The van der Waals surface area contributed by atoms with Crippen LogP contribution in [0.4, 0.5) is 13.2 Å². The smallest absolute Gasteiger partial charge is 0.339 e. The van der Waals surface area contributed by atoms with Gasteiger partial charge in [-0.3, -0.25) is 9.59 Å². The molecule has 2 amide bonds. The van der Waals surface area contributed by atoms with Crippen LogP contribution in [-0.2, 0) is 11.0 Å². The summed E-state index contributed by atoms with van der Waals surface area (Å²) in [4.78, 5) is 27.8. The molecule has 4 nitrogen and oxygen atoms in total. The fraction of sp³-hybridized carbons (Fsp3) is 0.529. The molecule has 0 unspecified atom stereocenters. The number of halogens is 4. The molecular formula is C17H20ClF3N2O2. The van der Waals surface area contributed by atoms with E-state index < -0.39 is 23.1 Å². The van der Waals surface area contributed by atoms with Gasteiger partial charge in [-0.2, -0.15) is 13.2 Å². The summed E-state index contributed by atoms with van der Waals surface area (Å²) in [5.41, 5.74) is -2.02. The zero-order chi connectivity index (χ0) is 18.8. The van der Waals surface area contributed by atoms with Crippen LogP contribution in [0.15, 0.2) is 24.3 Å². The molecule has 0 spiro atoms. The van der Waals surface area contributed by atoms with E-state index in [1.807, 2.05) is 0 Å². The van der Waals surface area contributed by atoms with Gasteiger partial charge >= 0.3 is 6.18 Å². The SMILES string of the molecule is CC(C)(CCl)C(=O)N1CCN(C(=O)c2ccccc2C(F)(F)F)CC1. The van der Waals surface area contributed by atoms with E-state index in [-0.39, 0.29) is 43.5 Å². The largest absolute Gasteiger partial charge is 0.417 e. The first kappa shape index (κ1) is 19.6. The Morgan fingerprint density at radius 1 is 1.04 bits per heavy atom. The molecule has 8 heteroatoms. The Balaban J connectivity index is 2.10. The van der Waals surface area contributed by atoms with Crippen molar-refractivity contribution >= 4 is 23.4 Å². The van der Waals surface area contributed by atoms with Gasteiger partial charge in [-0.05, 0) is 26.0 Å². The van der Waals surface area contributed by atoms with Crippen molar-refractivity contribution in [3.05, 3.63) is 35.4 Å². The normalized spacial score (nSPS) is 16.1. The van der Waals surface area contributed by atoms with Crippen LogP contribution < -0.4 is 0 Å². The van der Waals surface area contributed by atoms with Crippen LogP contribution in [0.2, 0.25) is 0 Å². The molecular weight excluding hydrogens is 357 g/mol. The number of amides is 2. The summed E-state index contributed by atoms with van der Waals surface area (Å²) in [6.45, 7) is 4.40. The second-order valence-electron chi connectivity index (χ2n) is 6.65. The van der Waals surface area contributed by atoms with Crippen LogP contribution in [0.25, 0.3) is 0 Å². The predicted molar refractivity (Wildman–Crippen MR) is 88.4 cm³/mol. The Bertz CT molecular complexity index is 654. The molecule has 0 aromatic heterocycles. The van der Waals surface area contributed by atoms with E-state index in [1.54, 1.807) is 18.7 Å². The molecule has 1 aliphatic rings. The number of benzene rings is 1. The van der Waals surface area contributed by atoms with Crippen LogP contribution in [-0.4, -0.2) is 53.7 Å². The first-order valence-electron chi connectivity index (χ1n) is 7.89. The summed E-state index contributed by atoms with van der Waals surface area (Å²) in [6, 6.07) is 4.74. The van der Waals surface area contributed by atoms with E-state index in [0.29, 0.717) is 0 Å². The Labute approximate surface area is 149 Å². The topological polar surface area (TPSA) is 40.6 Å². The molecule has 2 rings (SSSR count). The van der Waals surface area contributed by atoms with Gasteiger partial charge in [-0.15, -0.1) is 11.6 Å². The number of rotatable bonds is 3. The number of carbonyl (C=O) groups excluding carboxylic acids is 2. The van der Waals surface area contributed by atoms with E-state index >= 15 is 0 Å². The summed E-state index contributed by atoms with van der Waals surface area (Å²) in [6.07, 6.45) is -4.59. The highest BCUT2D eigenvalue weighted by Gasteiger charge is 2.37. The molecule has 1 aliphatic heterocycles. The first-order valence-corrected chi connectivity index (χ1v) is 8.42. The third-order valence-corrected chi connectivity index (χ3v) is 4.90. The Kier molecular flexibility index (Phi) is 5.66. The van der Waals surface area contributed by atoms with Gasteiger partial charge in [0, 0.05) is 32.1 Å². The van der Waals surface area contributed by atoms with Crippen molar-refractivity contribution in [2.75, 3.05) is 32.1 Å². The Morgan fingerprint density at radius 2 is 1.56 bits per heavy atom. The monoisotopic (exact) mass is 376 g/mol. The lowest BCUT2D eigenvalue weighted by Crippen LogP contribution is -2.53. The molecule has 25 heavy (non-hydrogen) atoms. The maximum atomic E-state index is 13.1. The molecule has 1 saturated heterocycles. The number of alkyl halides is 4. The van der Waals surface area contributed by atoms with Gasteiger partial charge in [0.25, 0.3) is 5.91 Å². The summed E-state index contributed by atoms with van der Waals surface area (Å²) >= 11 is 5.81. The molecule has 0 aliphatic carbocycles. The number of hydrogen-bond donors (Lipinski definition) is 0. The fourth-order valence-electron chi connectivity index (χ4n) is 2.68. The zero-order valence-corrected chi connectivity index (χ0v) is 14.8. The third kappa shape index (κ3) is 4.26. The highest BCUT2D eigenvalue weighted by molar-refractivity contribution is 6.19. The number of piperazine rings is 1. The average molecular weight is 377 g/mol. The average Bonchev–Trinajstić information content (AvgIpc) is 2.60.